The monoisotopic (exact) mass is 427 g/mol. The van der Waals surface area contributed by atoms with Crippen molar-refractivity contribution < 1.29 is 17.9 Å². The fraction of sp³-hybridized carbons (Fsp3) is 0.200. The highest BCUT2D eigenvalue weighted by atomic mass is 32.2. The van der Waals surface area contributed by atoms with Gasteiger partial charge in [-0.15, -0.1) is 11.3 Å². The van der Waals surface area contributed by atoms with Crippen LogP contribution in [0.3, 0.4) is 0 Å². The first-order valence-electron chi connectivity index (χ1n) is 8.75. The quantitative estimate of drug-likeness (QED) is 0.615. The predicted molar refractivity (Wildman–Crippen MR) is 110 cm³/mol. The van der Waals surface area contributed by atoms with E-state index in [9.17, 15) is 8.42 Å². The molecule has 0 bridgehead atoms. The summed E-state index contributed by atoms with van der Waals surface area (Å²) in [5.41, 5.74) is 2.03. The molecule has 1 aromatic heterocycles. The minimum Gasteiger partial charge on any atom is -0.495 e. The molecule has 2 heterocycles. The molecule has 0 atom stereocenters. The molecular formula is C20H17N3O4S2. The molecule has 9 heteroatoms. The van der Waals surface area contributed by atoms with Gasteiger partial charge in [0.1, 0.15) is 28.9 Å². The van der Waals surface area contributed by atoms with Crippen LogP contribution in [0.15, 0.2) is 52.9 Å². The van der Waals surface area contributed by atoms with E-state index in [0.717, 1.165) is 11.4 Å². The standard InChI is InChI=1S/C20H17N3O4S2/c1-26-18-10-14(12-21)2-4-16(18)23-7-8-27-19-11-15(3-5-17(19)23)29(24,25)13-20-22-6-9-28-20/h2-6,9-11H,7-8,13H2,1H3. The van der Waals surface area contributed by atoms with Crippen molar-refractivity contribution in [2.75, 3.05) is 25.2 Å². The molecule has 7 nitrogen and oxygen atoms in total. The van der Waals surface area contributed by atoms with E-state index in [2.05, 4.69) is 11.1 Å². The minimum atomic E-state index is -3.53. The molecule has 0 saturated carbocycles. The summed E-state index contributed by atoms with van der Waals surface area (Å²) in [5.74, 6) is 0.914. The Morgan fingerprint density at radius 3 is 2.83 bits per heavy atom. The van der Waals surface area contributed by atoms with Gasteiger partial charge in [0.15, 0.2) is 9.84 Å². The molecular weight excluding hydrogens is 410 g/mol. The third-order valence-corrected chi connectivity index (χ3v) is 7.14. The summed E-state index contributed by atoms with van der Waals surface area (Å²) in [4.78, 5) is 6.25. The largest absolute Gasteiger partial charge is 0.495 e. The van der Waals surface area contributed by atoms with Gasteiger partial charge >= 0.3 is 0 Å². The van der Waals surface area contributed by atoms with Gasteiger partial charge < -0.3 is 14.4 Å². The van der Waals surface area contributed by atoms with Gasteiger partial charge in [0.25, 0.3) is 0 Å². The van der Waals surface area contributed by atoms with E-state index in [-0.39, 0.29) is 10.6 Å². The van der Waals surface area contributed by atoms with Gasteiger partial charge in [-0.2, -0.15) is 5.26 Å². The summed E-state index contributed by atoms with van der Waals surface area (Å²) < 4.78 is 36.7. The highest BCUT2D eigenvalue weighted by Crippen LogP contribution is 2.42. The van der Waals surface area contributed by atoms with Crippen molar-refractivity contribution in [3.05, 3.63) is 58.5 Å². The third kappa shape index (κ3) is 3.77. The lowest BCUT2D eigenvalue weighted by atomic mass is 10.1. The van der Waals surface area contributed by atoms with Gasteiger partial charge in [-0.05, 0) is 24.3 Å². The van der Waals surface area contributed by atoms with E-state index in [0.29, 0.717) is 35.2 Å². The molecule has 1 aliphatic rings. The van der Waals surface area contributed by atoms with Crippen LogP contribution in [0.1, 0.15) is 10.6 Å². The van der Waals surface area contributed by atoms with Crippen LogP contribution >= 0.6 is 11.3 Å². The molecule has 0 saturated heterocycles. The lowest BCUT2D eigenvalue weighted by Crippen LogP contribution is -2.29. The lowest BCUT2D eigenvalue weighted by Gasteiger charge is -2.32. The first kappa shape index (κ1) is 19.2. The molecule has 1 aliphatic heterocycles. The van der Waals surface area contributed by atoms with Gasteiger partial charge in [0, 0.05) is 23.7 Å². The lowest BCUT2D eigenvalue weighted by molar-refractivity contribution is 0.312. The Balaban J connectivity index is 1.70. The van der Waals surface area contributed by atoms with Crippen molar-refractivity contribution >= 4 is 32.5 Å². The average Bonchev–Trinajstić information content (AvgIpc) is 3.24. The average molecular weight is 428 g/mol. The summed E-state index contributed by atoms with van der Waals surface area (Å²) in [6.45, 7) is 0.965. The highest BCUT2D eigenvalue weighted by Gasteiger charge is 2.25. The number of hydrogen-bond acceptors (Lipinski definition) is 8. The maximum atomic E-state index is 12.8. The molecule has 0 radical (unpaired) electrons. The van der Waals surface area contributed by atoms with Crippen LogP contribution < -0.4 is 14.4 Å². The van der Waals surface area contributed by atoms with E-state index in [1.165, 1.54) is 11.3 Å². The fourth-order valence-electron chi connectivity index (χ4n) is 3.18. The number of fused-ring (bicyclic) bond motifs is 1. The van der Waals surface area contributed by atoms with Crippen molar-refractivity contribution in [2.24, 2.45) is 0 Å². The smallest absolute Gasteiger partial charge is 0.185 e. The molecule has 0 N–H and O–H groups in total. The van der Waals surface area contributed by atoms with Gasteiger partial charge in [0.2, 0.25) is 0 Å². The van der Waals surface area contributed by atoms with Gasteiger partial charge in [-0.3, -0.25) is 0 Å². The summed E-state index contributed by atoms with van der Waals surface area (Å²) in [7, 11) is -1.98. The molecule has 0 spiro atoms. The number of nitrogens with zero attached hydrogens (tertiary/aromatic N) is 3. The van der Waals surface area contributed by atoms with Crippen LogP contribution in [0.5, 0.6) is 11.5 Å². The first-order valence-corrected chi connectivity index (χ1v) is 11.3. The van der Waals surface area contributed by atoms with Crippen LogP contribution in [0.4, 0.5) is 11.4 Å². The van der Waals surface area contributed by atoms with Crippen LogP contribution in [-0.4, -0.2) is 33.7 Å². The van der Waals surface area contributed by atoms with Gasteiger partial charge in [-0.1, -0.05) is 0 Å². The van der Waals surface area contributed by atoms with Crippen molar-refractivity contribution in [1.82, 2.24) is 4.98 Å². The normalized spacial score (nSPS) is 13.3. The maximum Gasteiger partial charge on any atom is 0.185 e. The van der Waals surface area contributed by atoms with Crippen molar-refractivity contribution in [1.29, 1.82) is 5.26 Å². The highest BCUT2D eigenvalue weighted by molar-refractivity contribution is 7.90. The zero-order valence-corrected chi connectivity index (χ0v) is 17.2. The Bertz CT molecular complexity index is 1180. The topological polar surface area (TPSA) is 92.5 Å². The molecule has 148 valence electrons. The molecule has 0 unspecified atom stereocenters. The second-order valence-electron chi connectivity index (χ2n) is 6.31. The first-order chi connectivity index (χ1) is 14.0. The molecule has 3 aromatic rings. The maximum absolute atomic E-state index is 12.8. The number of benzene rings is 2. The second kappa shape index (κ2) is 7.73. The molecule has 2 aromatic carbocycles. The van der Waals surface area contributed by atoms with E-state index < -0.39 is 9.84 Å². The summed E-state index contributed by atoms with van der Waals surface area (Å²) in [6, 6.07) is 12.2. The summed E-state index contributed by atoms with van der Waals surface area (Å²) in [6.07, 6.45) is 1.59. The number of sulfone groups is 1. The molecule has 4 rings (SSSR count). The molecule has 0 amide bonds. The molecule has 29 heavy (non-hydrogen) atoms. The van der Waals surface area contributed by atoms with Gasteiger partial charge in [-0.25, -0.2) is 13.4 Å². The third-order valence-electron chi connectivity index (χ3n) is 4.55. The van der Waals surface area contributed by atoms with Crippen LogP contribution in [0.2, 0.25) is 0 Å². The number of hydrogen-bond donors (Lipinski definition) is 0. The zero-order valence-electron chi connectivity index (χ0n) is 15.5. The fourth-order valence-corrected chi connectivity index (χ4v) is 5.45. The Kier molecular flexibility index (Phi) is 5.13. The minimum absolute atomic E-state index is 0.142. The summed E-state index contributed by atoms with van der Waals surface area (Å²) >= 11 is 1.31. The number of aromatic nitrogens is 1. The number of anilines is 2. The number of methoxy groups -OCH3 is 1. The van der Waals surface area contributed by atoms with Crippen molar-refractivity contribution in [3.63, 3.8) is 0 Å². The van der Waals surface area contributed by atoms with E-state index in [4.69, 9.17) is 14.7 Å². The Morgan fingerprint density at radius 1 is 1.28 bits per heavy atom. The summed E-state index contributed by atoms with van der Waals surface area (Å²) in [5, 5.41) is 11.4. The Labute approximate surface area is 172 Å². The van der Waals surface area contributed by atoms with E-state index >= 15 is 0 Å². The van der Waals surface area contributed by atoms with Crippen LogP contribution in [-0.2, 0) is 15.6 Å². The van der Waals surface area contributed by atoms with Crippen molar-refractivity contribution in [3.8, 4) is 17.6 Å². The van der Waals surface area contributed by atoms with Crippen LogP contribution in [0, 0.1) is 11.3 Å². The molecule has 0 aliphatic carbocycles. The Morgan fingerprint density at radius 2 is 2.10 bits per heavy atom. The number of nitriles is 1. The number of ether oxygens (including phenoxy) is 2. The SMILES string of the molecule is COc1cc(C#N)ccc1N1CCOc2cc(S(=O)(=O)Cc3nccs3)ccc21. The van der Waals surface area contributed by atoms with Crippen LogP contribution in [0.25, 0.3) is 0 Å². The van der Waals surface area contributed by atoms with Crippen molar-refractivity contribution in [2.45, 2.75) is 10.6 Å². The number of rotatable bonds is 5. The van der Waals surface area contributed by atoms with E-state index in [1.54, 1.807) is 49.0 Å². The zero-order chi connectivity index (χ0) is 20.4. The Hall–Kier alpha value is -3.09. The van der Waals surface area contributed by atoms with Gasteiger partial charge in [0.05, 0.1) is 41.6 Å². The van der Waals surface area contributed by atoms with E-state index in [1.807, 2.05) is 11.0 Å². The predicted octanol–water partition coefficient (Wildman–Crippen LogP) is 3.53. The number of thiazole rings is 1. The second-order valence-corrected chi connectivity index (χ2v) is 9.28. The molecule has 0 fully saturated rings.